The Balaban J connectivity index is 2.02. The molecule has 2 N–H and O–H groups in total. The molecule has 15 heavy (non-hydrogen) atoms. The van der Waals surface area contributed by atoms with Crippen molar-refractivity contribution in [1.29, 1.82) is 0 Å². The molecule has 0 bridgehead atoms. The van der Waals surface area contributed by atoms with Crippen molar-refractivity contribution in [3.05, 3.63) is 34.8 Å². The molecule has 0 aliphatic heterocycles. The van der Waals surface area contributed by atoms with Crippen molar-refractivity contribution in [2.75, 3.05) is 0 Å². The summed E-state index contributed by atoms with van der Waals surface area (Å²) in [5.74, 6) is 0.594. The molecule has 82 valence electrons. The lowest BCUT2D eigenvalue weighted by Crippen LogP contribution is -2.17. The molecule has 0 heterocycles. The molecule has 0 unspecified atom stereocenters. The van der Waals surface area contributed by atoms with Crippen molar-refractivity contribution in [3.8, 4) is 0 Å². The van der Waals surface area contributed by atoms with Gasteiger partial charge in [0.05, 0.1) is 0 Å². The fourth-order valence-corrected chi connectivity index (χ4v) is 2.10. The number of aliphatic hydroxyl groups is 2. The zero-order chi connectivity index (χ0) is 10.8. The molecule has 1 atom stereocenters. The van der Waals surface area contributed by atoms with Crippen LogP contribution in [0.3, 0.4) is 0 Å². The molecule has 0 amide bonds. The summed E-state index contributed by atoms with van der Waals surface area (Å²) in [4.78, 5) is 0. The van der Waals surface area contributed by atoms with E-state index in [4.69, 9.17) is 0 Å². The fraction of sp³-hybridized carbons (Fsp3) is 0.500. The first kappa shape index (κ1) is 10.7. The Bertz CT molecular complexity index is 347. The monoisotopic (exact) mass is 224 g/mol. The minimum Gasteiger partial charge on any atom is -0.508 e. The molecule has 0 aromatic rings. The van der Waals surface area contributed by atoms with Gasteiger partial charge in [0.25, 0.3) is 0 Å². The molecule has 0 radical (unpaired) electrons. The molecule has 2 fully saturated rings. The van der Waals surface area contributed by atoms with Crippen LogP contribution in [0.15, 0.2) is 34.8 Å². The highest BCUT2D eigenvalue weighted by Crippen LogP contribution is 2.33. The van der Waals surface area contributed by atoms with Gasteiger partial charge in [-0.05, 0) is 55.4 Å². The number of allylic oxidation sites excluding steroid dienone is 3. The Morgan fingerprint density at radius 1 is 1.13 bits per heavy atom. The molecule has 3 heteroatoms. The Hall–Kier alpha value is -0.830. The maximum Gasteiger partial charge on any atom is 0.116 e. The second kappa shape index (κ2) is 4.35. The summed E-state index contributed by atoms with van der Waals surface area (Å²) in [6, 6.07) is 0. The van der Waals surface area contributed by atoms with E-state index >= 15 is 0 Å². The lowest BCUT2D eigenvalue weighted by molar-refractivity contribution is 0.398. The number of hydrogen-bond acceptors (Lipinski definition) is 3. The van der Waals surface area contributed by atoms with Crippen LogP contribution in [-0.4, -0.2) is 15.5 Å². The second-order valence-corrected chi connectivity index (χ2v) is 4.76. The van der Waals surface area contributed by atoms with Gasteiger partial charge in [-0.15, -0.1) is 0 Å². The lowest BCUT2D eigenvalue weighted by atomic mass is 9.89. The minimum atomic E-state index is 0.202. The number of rotatable bonds is 2. The zero-order valence-electron chi connectivity index (χ0n) is 8.61. The van der Waals surface area contributed by atoms with Crippen molar-refractivity contribution in [2.45, 2.75) is 37.4 Å². The Morgan fingerprint density at radius 2 is 1.80 bits per heavy atom. The smallest absolute Gasteiger partial charge is 0.116 e. The van der Waals surface area contributed by atoms with E-state index in [1.54, 1.807) is 12.2 Å². The van der Waals surface area contributed by atoms with Crippen LogP contribution >= 0.6 is 12.6 Å². The average Bonchev–Trinajstić information content (AvgIpc) is 2.09. The topological polar surface area (TPSA) is 40.5 Å². The van der Waals surface area contributed by atoms with E-state index in [1.165, 1.54) is 6.42 Å². The summed E-state index contributed by atoms with van der Waals surface area (Å²) in [6.07, 6.45) is 8.27. The van der Waals surface area contributed by atoms with Gasteiger partial charge >= 0.3 is 0 Å². The molecule has 2 nitrogen and oxygen atoms in total. The third-order valence-electron chi connectivity index (χ3n) is 3.14. The van der Waals surface area contributed by atoms with Gasteiger partial charge in [-0.2, -0.15) is 12.6 Å². The maximum absolute atomic E-state index is 9.67. The summed E-state index contributed by atoms with van der Waals surface area (Å²) in [6.45, 7) is 0. The Kier molecular flexibility index (Phi) is 3.10. The predicted molar refractivity (Wildman–Crippen MR) is 64.3 cm³/mol. The van der Waals surface area contributed by atoms with Gasteiger partial charge in [-0.3, -0.25) is 0 Å². The van der Waals surface area contributed by atoms with Gasteiger partial charge in [0, 0.05) is 5.25 Å². The van der Waals surface area contributed by atoms with Crippen LogP contribution in [0.4, 0.5) is 0 Å². The standard InChI is InChI=1S/C12H16O2S/c13-10(8-2-1-3-8)5-6-11(14)9-4-7-12(9)15/h5-6,12-15H,1-4,7H2/b6-5+,11-9-/t12-/m0/s1. The van der Waals surface area contributed by atoms with Gasteiger partial charge in [0.15, 0.2) is 0 Å². The number of hydrogen-bond donors (Lipinski definition) is 3. The first-order valence-corrected chi connectivity index (χ1v) is 5.89. The lowest BCUT2D eigenvalue weighted by Gasteiger charge is -2.25. The highest BCUT2D eigenvalue weighted by atomic mass is 32.1. The van der Waals surface area contributed by atoms with Crippen molar-refractivity contribution < 1.29 is 10.2 Å². The summed E-state index contributed by atoms with van der Waals surface area (Å²) in [5.41, 5.74) is 2.08. The zero-order valence-corrected chi connectivity index (χ0v) is 9.50. The van der Waals surface area contributed by atoms with E-state index in [9.17, 15) is 10.2 Å². The first-order chi connectivity index (χ1) is 7.18. The number of thiol groups is 1. The van der Waals surface area contributed by atoms with Crippen LogP contribution in [0.1, 0.15) is 32.1 Å². The fourth-order valence-electron chi connectivity index (χ4n) is 1.71. The van der Waals surface area contributed by atoms with E-state index in [0.29, 0.717) is 5.76 Å². The van der Waals surface area contributed by atoms with Crippen LogP contribution in [0, 0.1) is 0 Å². The molecular formula is C12H16O2S. The SMILES string of the molecule is OC(/C=C/C(O)=C1\CC[C@@H]1S)=C1CCC1. The average molecular weight is 224 g/mol. The summed E-state index contributed by atoms with van der Waals surface area (Å²) in [7, 11) is 0. The Labute approximate surface area is 95.4 Å². The maximum atomic E-state index is 9.67. The molecule has 2 rings (SSSR count). The van der Waals surface area contributed by atoms with Gasteiger partial charge in [-0.25, -0.2) is 0 Å². The van der Waals surface area contributed by atoms with Crippen LogP contribution in [0.25, 0.3) is 0 Å². The van der Waals surface area contributed by atoms with E-state index in [1.807, 2.05) is 0 Å². The third kappa shape index (κ3) is 2.23. The van der Waals surface area contributed by atoms with Crippen LogP contribution < -0.4 is 0 Å². The molecule has 0 saturated heterocycles. The molecule has 0 spiro atoms. The van der Waals surface area contributed by atoms with E-state index in [2.05, 4.69) is 12.6 Å². The molecule has 2 aliphatic rings. The van der Waals surface area contributed by atoms with Gasteiger partial charge in [-0.1, -0.05) is 0 Å². The largest absolute Gasteiger partial charge is 0.508 e. The summed E-state index contributed by atoms with van der Waals surface area (Å²) in [5, 5.41) is 19.5. The molecule has 2 aliphatic carbocycles. The minimum absolute atomic E-state index is 0.202. The highest BCUT2D eigenvalue weighted by Gasteiger charge is 2.23. The van der Waals surface area contributed by atoms with Crippen molar-refractivity contribution >= 4 is 12.6 Å². The van der Waals surface area contributed by atoms with Crippen molar-refractivity contribution in [2.24, 2.45) is 0 Å². The Morgan fingerprint density at radius 3 is 2.20 bits per heavy atom. The molecular weight excluding hydrogens is 208 g/mol. The van der Waals surface area contributed by atoms with Crippen molar-refractivity contribution in [1.82, 2.24) is 0 Å². The third-order valence-corrected chi connectivity index (χ3v) is 3.71. The van der Waals surface area contributed by atoms with E-state index < -0.39 is 0 Å². The van der Waals surface area contributed by atoms with Gasteiger partial charge in [0.1, 0.15) is 11.5 Å². The molecule has 0 aromatic carbocycles. The van der Waals surface area contributed by atoms with E-state index in [0.717, 1.165) is 36.8 Å². The van der Waals surface area contributed by atoms with Crippen LogP contribution in [0.2, 0.25) is 0 Å². The summed E-state index contributed by atoms with van der Waals surface area (Å²) >= 11 is 4.31. The van der Waals surface area contributed by atoms with Crippen molar-refractivity contribution in [3.63, 3.8) is 0 Å². The van der Waals surface area contributed by atoms with Gasteiger partial charge < -0.3 is 10.2 Å². The number of aliphatic hydroxyl groups excluding tert-OH is 2. The molecule has 0 aromatic heterocycles. The summed E-state index contributed by atoms with van der Waals surface area (Å²) < 4.78 is 0. The van der Waals surface area contributed by atoms with Crippen LogP contribution in [0.5, 0.6) is 0 Å². The normalized spacial score (nSPS) is 28.6. The quantitative estimate of drug-likeness (QED) is 0.496. The van der Waals surface area contributed by atoms with Gasteiger partial charge in [0.2, 0.25) is 0 Å². The van der Waals surface area contributed by atoms with E-state index in [-0.39, 0.29) is 11.0 Å². The van der Waals surface area contributed by atoms with Crippen LogP contribution in [-0.2, 0) is 0 Å². The second-order valence-electron chi connectivity index (χ2n) is 4.14. The highest BCUT2D eigenvalue weighted by molar-refractivity contribution is 7.81. The molecule has 2 saturated carbocycles. The predicted octanol–water partition coefficient (Wildman–Crippen LogP) is 3.44. The first-order valence-electron chi connectivity index (χ1n) is 5.37.